The van der Waals surface area contributed by atoms with E-state index in [-0.39, 0.29) is 5.56 Å². The fourth-order valence-corrected chi connectivity index (χ4v) is 2.62. The highest BCUT2D eigenvalue weighted by molar-refractivity contribution is 5.66. The SMILES string of the molecule is [2H]C([2H])([2H])c1cc(-c2ccc(-c3ccccc3C)[n+](C)c2)ccc1F. The number of nitrogens with zero attached hydrogens (tertiary/aromatic N) is 1. The number of hydrogen-bond donors (Lipinski definition) is 0. The molecule has 0 atom stereocenters. The second-order valence-electron chi connectivity index (χ2n) is 5.42. The third-order valence-electron chi connectivity index (χ3n) is 3.85. The van der Waals surface area contributed by atoms with Gasteiger partial charge in [-0.3, -0.25) is 0 Å². The van der Waals surface area contributed by atoms with Gasteiger partial charge in [-0.25, -0.2) is 8.96 Å². The topological polar surface area (TPSA) is 3.88 Å². The van der Waals surface area contributed by atoms with E-state index in [1.165, 1.54) is 17.7 Å². The van der Waals surface area contributed by atoms with Crippen LogP contribution in [0.5, 0.6) is 0 Å². The van der Waals surface area contributed by atoms with Crippen molar-refractivity contribution >= 4 is 0 Å². The first-order chi connectivity index (χ1) is 11.8. The molecule has 3 rings (SSSR count). The van der Waals surface area contributed by atoms with Gasteiger partial charge >= 0.3 is 0 Å². The molecule has 110 valence electrons. The maximum absolute atomic E-state index is 13.8. The van der Waals surface area contributed by atoms with Gasteiger partial charge in [-0.15, -0.1) is 0 Å². The minimum Gasteiger partial charge on any atom is -0.207 e. The Bertz CT molecular complexity index is 932. The quantitative estimate of drug-likeness (QED) is 0.608. The van der Waals surface area contributed by atoms with Crippen LogP contribution in [0.25, 0.3) is 22.4 Å². The van der Waals surface area contributed by atoms with Crippen molar-refractivity contribution in [3.63, 3.8) is 0 Å². The summed E-state index contributed by atoms with van der Waals surface area (Å²) in [6.07, 6.45) is 1.93. The van der Waals surface area contributed by atoms with Gasteiger partial charge in [0.25, 0.3) is 0 Å². The van der Waals surface area contributed by atoms with Gasteiger partial charge in [0.1, 0.15) is 12.9 Å². The Morgan fingerprint density at radius 2 is 1.73 bits per heavy atom. The van der Waals surface area contributed by atoms with Crippen molar-refractivity contribution < 1.29 is 13.1 Å². The van der Waals surface area contributed by atoms with Crippen molar-refractivity contribution in [3.8, 4) is 22.4 Å². The monoisotopic (exact) mass is 295 g/mol. The van der Waals surface area contributed by atoms with Crippen molar-refractivity contribution in [2.75, 3.05) is 0 Å². The number of hydrogen-bond acceptors (Lipinski definition) is 0. The fraction of sp³-hybridized carbons (Fsp3) is 0.150. The summed E-state index contributed by atoms with van der Waals surface area (Å²) in [6, 6.07) is 16.3. The summed E-state index contributed by atoms with van der Waals surface area (Å²) in [6.45, 7) is -0.408. The predicted octanol–water partition coefficient (Wildman–Crippen LogP) is 4.60. The highest BCUT2D eigenvalue weighted by Crippen LogP contribution is 2.24. The molecule has 0 saturated heterocycles. The molecule has 0 fully saturated rings. The molecular weight excluding hydrogens is 273 g/mol. The van der Waals surface area contributed by atoms with Crippen LogP contribution in [0.4, 0.5) is 4.39 Å². The van der Waals surface area contributed by atoms with Crippen LogP contribution >= 0.6 is 0 Å². The average Bonchev–Trinajstić information content (AvgIpc) is 2.55. The van der Waals surface area contributed by atoms with Gasteiger partial charge in [-0.2, -0.15) is 0 Å². The molecule has 0 spiro atoms. The highest BCUT2D eigenvalue weighted by atomic mass is 19.1. The third-order valence-corrected chi connectivity index (χ3v) is 3.85. The molecule has 0 aliphatic heterocycles. The maximum atomic E-state index is 13.8. The molecule has 2 aromatic carbocycles. The number of pyridine rings is 1. The van der Waals surface area contributed by atoms with Gasteiger partial charge in [0.15, 0.2) is 6.20 Å². The van der Waals surface area contributed by atoms with E-state index in [0.717, 1.165) is 16.8 Å². The van der Waals surface area contributed by atoms with Crippen molar-refractivity contribution in [3.05, 3.63) is 77.7 Å². The van der Waals surface area contributed by atoms with E-state index < -0.39 is 12.7 Å². The Balaban J connectivity index is 2.06. The van der Waals surface area contributed by atoms with E-state index in [0.29, 0.717) is 5.56 Å². The molecule has 0 unspecified atom stereocenters. The molecule has 0 radical (unpaired) electrons. The van der Waals surface area contributed by atoms with Gasteiger partial charge in [0.2, 0.25) is 5.69 Å². The van der Waals surface area contributed by atoms with Gasteiger partial charge in [-0.1, -0.05) is 24.3 Å². The minimum absolute atomic E-state index is 0.254. The summed E-state index contributed by atoms with van der Waals surface area (Å²) in [4.78, 5) is 0. The van der Waals surface area contributed by atoms with Crippen LogP contribution in [0.1, 0.15) is 15.2 Å². The molecule has 1 nitrogen and oxygen atoms in total. The van der Waals surface area contributed by atoms with Crippen molar-refractivity contribution in [1.29, 1.82) is 0 Å². The van der Waals surface area contributed by atoms with Crippen molar-refractivity contribution in [2.24, 2.45) is 7.05 Å². The second kappa shape index (κ2) is 5.72. The molecule has 1 heterocycles. The van der Waals surface area contributed by atoms with Gasteiger partial charge < -0.3 is 0 Å². The molecule has 0 aliphatic rings. The van der Waals surface area contributed by atoms with Gasteiger partial charge in [0, 0.05) is 21.3 Å². The lowest BCUT2D eigenvalue weighted by molar-refractivity contribution is -0.659. The molecule has 0 N–H and O–H groups in total. The lowest BCUT2D eigenvalue weighted by atomic mass is 10.0. The largest absolute Gasteiger partial charge is 0.212 e. The van der Waals surface area contributed by atoms with Crippen LogP contribution in [-0.2, 0) is 7.05 Å². The van der Waals surface area contributed by atoms with E-state index >= 15 is 0 Å². The number of aromatic nitrogens is 1. The number of benzene rings is 2. The summed E-state index contributed by atoms with van der Waals surface area (Å²) >= 11 is 0. The number of aryl methyl sites for hydroxylation is 3. The van der Waals surface area contributed by atoms with E-state index in [2.05, 4.69) is 19.1 Å². The zero-order valence-electron chi connectivity index (χ0n) is 15.6. The normalized spacial score (nSPS) is 13.3. The van der Waals surface area contributed by atoms with Crippen LogP contribution in [0, 0.1) is 19.6 Å². The Kier molecular flexibility index (Phi) is 2.90. The van der Waals surface area contributed by atoms with Crippen LogP contribution in [0.15, 0.2) is 60.8 Å². The maximum Gasteiger partial charge on any atom is 0.212 e. The molecule has 0 amide bonds. The number of rotatable bonds is 2. The summed E-state index contributed by atoms with van der Waals surface area (Å²) < 4.78 is 38.2. The molecule has 0 aliphatic carbocycles. The zero-order chi connectivity index (χ0) is 18.2. The van der Waals surface area contributed by atoms with Crippen LogP contribution in [0.3, 0.4) is 0 Å². The van der Waals surface area contributed by atoms with E-state index in [9.17, 15) is 4.39 Å². The first-order valence-corrected chi connectivity index (χ1v) is 7.13. The van der Waals surface area contributed by atoms with Crippen molar-refractivity contribution in [1.82, 2.24) is 0 Å². The fourth-order valence-electron chi connectivity index (χ4n) is 2.62. The van der Waals surface area contributed by atoms with Gasteiger partial charge in [0.05, 0.1) is 0 Å². The van der Waals surface area contributed by atoms with Crippen LogP contribution < -0.4 is 4.57 Å². The first kappa shape index (κ1) is 11.1. The lowest BCUT2D eigenvalue weighted by Crippen LogP contribution is -2.30. The van der Waals surface area contributed by atoms with E-state index in [1.54, 1.807) is 6.07 Å². The Morgan fingerprint density at radius 3 is 2.45 bits per heavy atom. The summed E-state index contributed by atoms with van der Waals surface area (Å²) in [5.74, 6) is -0.704. The average molecular weight is 295 g/mol. The lowest BCUT2D eigenvalue weighted by Gasteiger charge is -2.07. The molecule has 1 aromatic heterocycles. The minimum atomic E-state index is -2.47. The standard InChI is InChI=1S/C20H19FN/c1-14-6-4-5-7-18(14)20-11-9-17(13-22(20)3)16-8-10-19(21)15(2)12-16/h4-13H,1-3H3/q+1/i2D3. The Morgan fingerprint density at radius 1 is 0.955 bits per heavy atom. The molecule has 0 bridgehead atoms. The van der Waals surface area contributed by atoms with Crippen LogP contribution in [-0.4, -0.2) is 0 Å². The summed E-state index contributed by atoms with van der Waals surface area (Å²) in [5, 5.41) is 0. The predicted molar refractivity (Wildman–Crippen MR) is 87.9 cm³/mol. The zero-order valence-corrected chi connectivity index (χ0v) is 12.6. The highest BCUT2D eigenvalue weighted by Gasteiger charge is 2.13. The molecular formula is C20H19FN+. The molecule has 22 heavy (non-hydrogen) atoms. The molecule has 2 heteroatoms. The summed E-state index contributed by atoms with van der Waals surface area (Å²) in [5.41, 5.74) is 4.64. The van der Waals surface area contributed by atoms with E-state index in [4.69, 9.17) is 4.11 Å². The molecule has 0 saturated carbocycles. The smallest absolute Gasteiger partial charge is 0.207 e. The number of halogens is 1. The van der Waals surface area contributed by atoms with E-state index in [1.807, 2.05) is 42.1 Å². The van der Waals surface area contributed by atoms with Crippen molar-refractivity contribution in [2.45, 2.75) is 13.8 Å². The molecule has 3 aromatic rings. The third kappa shape index (κ3) is 2.64. The van der Waals surface area contributed by atoms with Gasteiger partial charge in [-0.05, 0) is 54.7 Å². The van der Waals surface area contributed by atoms with Crippen LogP contribution in [0.2, 0.25) is 0 Å². The second-order valence-corrected chi connectivity index (χ2v) is 5.42. The Labute approximate surface area is 134 Å². The summed E-state index contributed by atoms with van der Waals surface area (Å²) in [7, 11) is 1.94. The first-order valence-electron chi connectivity index (χ1n) is 8.63. The Hall–Kier alpha value is -2.48.